The van der Waals surface area contributed by atoms with Crippen LogP contribution in [0.2, 0.25) is 0 Å². The van der Waals surface area contributed by atoms with Gasteiger partial charge in [-0.25, -0.2) is 0 Å². The Labute approximate surface area is 72.3 Å². The molecule has 4 heteroatoms. The van der Waals surface area contributed by atoms with E-state index in [1.54, 1.807) is 30.3 Å². The summed E-state index contributed by atoms with van der Waals surface area (Å²) >= 11 is -4.28. The minimum atomic E-state index is -4.28. The van der Waals surface area contributed by atoms with Crippen LogP contribution in [0.15, 0.2) is 30.3 Å². The van der Waals surface area contributed by atoms with E-state index in [0.29, 0.717) is 5.56 Å². The van der Waals surface area contributed by atoms with Crippen LogP contribution < -0.4 is 0 Å². The molecular weight excluding hydrogens is 221 g/mol. The first-order chi connectivity index (χ1) is 5.64. The molecule has 0 saturated heterocycles. The number of hydrogen-bond acceptors (Lipinski definition) is 3. The minimum absolute atomic E-state index is 0.131. The van der Waals surface area contributed by atoms with Gasteiger partial charge in [0.05, 0.1) is 0 Å². The van der Waals surface area contributed by atoms with Crippen LogP contribution in [0.5, 0.6) is 0 Å². The van der Waals surface area contributed by atoms with Gasteiger partial charge in [0.15, 0.2) is 0 Å². The molecule has 1 aromatic rings. The van der Waals surface area contributed by atoms with E-state index in [1.165, 1.54) is 4.97 Å². The summed E-state index contributed by atoms with van der Waals surface area (Å²) in [6, 6.07) is 8.69. The average Bonchev–Trinajstić information content (AvgIpc) is 2.06. The number of rotatable bonds is 2. The van der Waals surface area contributed by atoms with E-state index in [2.05, 4.69) is 0 Å². The molecule has 1 aromatic carbocycles. The quantitative estimate of drug-likeness (QED) is 0.713. The summed E-state index contributed by atoms with van der Waals surface area (Å²) in [4.78, 5) is 1.33. The summed E-state index contributed by atoms with van der Waals surface area (Å²) in [7, 11) is 0. The van der Waals surface area contributed by atoms with Crippen LogP contribution in [-0.4, -0.2) is 12.7 Å². The van der Waals surface area contributed by atoms with Gasteiger partial charge in [-0.1, -0.05) is 0 Å². The maximum absolute atomic E-state index is 10.9. The van der Waals surface area contributed by atoms with E-state index >= 15 is 0 Å². The Balaban J connectivity index is 2.87. The third-order valence-corrected chi connectivity index (χ3v) is 3.42. The molecule has 3 nitrogen and oxygen atoms in total. The van der Waals surface area contributed by atoms with Crippen molar-refractivity contribution in [3.63, 3.8) is 0 Å². The summed E-state index contributed by atoms with van der Waals surface area (Å²) in [5.74, 6) is 0. The van der Waals surface area contributed by atoms with Gasteiger partial charge in [-0.05, 0) is 0 Å². The molecule has 0 fully saturated rings. The van der Waals surface area contributed by atoms with Crippen molar-refractivity contribution in [2.24, 2.45) is 0 Å². The molecule has 0 radical (unpaired) electrons. The second-order valence-corrected chi connectivity index (χ2v) is 5.90. The molecule has 0 atom stereocenters. The normalized spacial score (nSPS) is 10.6. The zero-order valence-electron chi connectivity index (χ0n) is 6.27. The van der Waals surface area contributed by atoms with Crippen LogP contribution in [0.25, 0.3) is 0 Å². The number of benzene rings is 1. The summed E-state index contributed by atoms with van der Waals surface area (Å²) in [6.07, 6.45) is 0. The summed E-state index contributed by atoms with van der Waals surface area (Å²) in [5, 5.41) is 8.12. The predicted octanol–water partition coefficient (Wildman–Crippen LogP) is 1.13. The van der Waals surface area contributed by atoms with Crippen LogP contribution in [-0.2, 0) is 13.0 Å². The van der Waals surface area contributed by atoms with Crippen molar-refractivity contribution in [2.45, 2.75) is 5.32 Å². The number of nitrogens with zero attached hydrogens (tertiary/aromatic N) is 1. The summed E-state index contributed by atoms with van der Waals surface area (Å²) < 4.78 is 21.8. The van der Waals surface area contributed by atoms with Gasteiger partial charge in [0.25, 0.3) is 0 Å². The fraction of sp³-hybridized carbons (Fsp3) is 0.125. The van der Waals surface area contributed by atoms with Crippen LogP contribution in [0.3, 0.4) is 0 Å². The molecule has 0 aliphatic heterocycles. The number of nitriles is 1. The van der Waals surface area contributed by atoms with Crippen LogP contribution in [0.1, 0.15) is 5.56 Å². The predicted molar refractivity (Wildman–Crippen MR) is 42.9 cm³/mol. The first-order valence-electron chi connectivity index (χ1n) is 3.31. The maximum atomic E-state index is 10.9. The Hall–Kier alpha value is -1.17. The fourth-order valence-corrected chi connectivity index (χ4v) is 2.29. The molecule has 12 heavy (non-hydrogen) atoms. The molecule has 0 aliphatic carbocycles. The molecule has 0 spiro atoms. The molecule has 0 heterocycles. The van der Waals surface area contributed by atoms with Gasteiger partial charge in [0.2, 0.25) is 0 Å². The summed E-state index contributed by atoms with van der Waals surface area (Å²) in [6.45, 7) is 0. The van der Waals surface area contributed by atoms with Crippen LogP contribution >= 0.6 is 0 Å². The van der Waals surface area contributed by atoms with Gasteiger partial charge in [-0.2, -0.15) is 0 Å². The second-order valence-electron chi connectivity index (χ2n) is 2.34. The van der Waals surface area contributed by atoms with E-state index in [-0.39, 0.29) is 5.32 Å². The zero-order valence-corrected chi connectivity index (χ0v) is 7.98. The Kier molecular flexibility index (Phi) is 2.59. The molecule has 0 unspecified atom stereocenters. The fourth-order valence-electron chi connectivity index (χ4n) is 0.826. The molecule has 0 saturated carbocycles. The van der Waals surface area contributed by atoms with Crippen molar-refractivity contribution in [1.29, 1.82) is 5.26 Å². The van der Waals surface area contributed by atoms with E-state index in [1.807, 2.05) is 0 Å². The van der Waals surface area contributed by atoms with Gasteiger partial charge in [0, 0.05) is 0 Å². The molecule has 62 valence electrons. The van der Waals surface area contributed by atoms with Crippen molar-refractivity contribution in [3.8, 4) is 4.97 Å². The zero-order chi connectivity index (χ0) is 9.03. The van der Waals surface area contributed by atoms with E-state index < -0.39 is 12.7 Å². The van der Waals surface area contributed by atoms with E-state index in [0.717, 1.165) is 0 Å². The molecule has 0 aromatic heterocycles. The van der Waals surface area contributed by atoms with Crippen LogP contribution in [0.4, 0.5) is 0 Å². The second kappa shape index (κ2) is 3.48. The van der Waals surface area contributed by atoms with Crippen molar-refractivity contribution in [2.75, 3.05) is 0 Å². The average molecular weight is 228 g/mol. The molecule has 0 N–H and O–H groups in total. The molecule has 0 amide bonds. The van der Waals surface area contributed by atoms with Crippen molar-refractivity contribution < 1.29 is 7.67 Å². The van der Waals surface area contributed by atoms with Gasteiger partial charge in [-0.15, -0.1) is 0 Å². The van der Waals surface area contributed by atoms with Gasteiger partial charge < -0.3 is 0 Å². The van der Waals surface area contributed by atoms with Gasteiger partial charge in [0.1, 0.15) is 0 Å². The number of hydrogen-bond donors (Lipinski definition) is 0. The molecule has 0 aliphatic rings. The van der Waals surface area contributed by atoms with Crippen LogP contribution in [0, 0.1) is 10.2 Å². The molecule has 1 rings (SSSR count). The Morgan fingerprint density at radius 2 is 1.83 bits per heavy atom. The monoisotopic (exact) mass is 229 g/mol. The third-order valence-electron chi connectivity index (χ3n) is 1.34. The van der Waals surface area contributed by atoms with Crippen molar-refractivity contribution in [1.82, 2.24) is 0 Å². The van der Waals surface area contributed by atoms with E-state index in [4.69, 9.17) is 5.26 Å². The SMILES string of the molecule is N#C[Se](=O)(=O)Cc1ccccc1. The Morgan fingerprint density at radius 3 is 2.33 bits per heavy atom. The third kappa shape index (κ3) is 2.46. The van der Waals surface area contributed by atoms with Gasteiger partial charge in [-0.3, -0.25) is 0 Å². The first-order valence-corrected chi connectivity index (χ1v) is 6.78. The van der Waals surface area contributed by atoms with Crippen molar-refractivity contribution in [3.05, 3.63) is 35.9 Å². The Bertz CT molecular complexity index is 389. The van der Waals surface area contributed by atoms with E-state index in [9.17, 15) is 7.67 Å². The summed E-state index contributed by atoms with van der Waals surface area (Å²) in [5.41, 5.74) is 0.670. The van der Waals surface area contributed by atoms with Gasteiger partial charge >= 0.3 is 71.8 Å². The molecule has 0 bridgehead atoms. The molecular formula is C8H7NO2Se. The van der Waals surface area contributed by atoms with Crippen molar-refractivity contribution >= 4 is 12.7 Å². The standard InChI is InChI=1S/C8H7NO2Se/c9-7-12(10,11)6-8-4-2-1-3-5-8/h1-5H,6H2. The first kappa shape index (κ1) is 8.92. The topological polar surface area (TPSA) is 57.9 Å². The Morgan fingerprint density at radius 1 is 1.25 bits per heavy atom.